The molecule has 0 radical (unpaired) electrons. The number of ether oxygens (including phenoxy) is 2. The van der Waals surface area contributed by atoms with Crippen molar-refractivity contribution in [2.24, 2.45) is 5.73 Å². The van der Waals surface area contributed by atoms with Crippen LogP contribution in [-0.4, -0.2) is 33.3 Å². The van der Waals surface area contributed by atoms with Crippen molar-refractivity contribution in [1.29, 1.82) is 0 Å². The van der Waals surface area contributed by atoms with Gasteiger partial charge in [-0.1, -0.05) is 24.3 Å². The van der Waals surface area contributed by atoms with E-state index in [0.29, 0.717) is 0 Å². The highest BCUT2D eigenvalue weighted by Crippen LogP contribution is 2.39. The lowest BCUT2D eigenvalue weighted by Crippen LogP contribution is -2.49. The van der Waals surface area contributed by atoms with Crippen LogP contribution in [0.2, 0.25) is 0 Å². The Morgan fingerprint density at radius 3 is 2.44 bits per heavy atom. The Hall–Kier alpha value is -2.95. The number of amides is 1. The quantitative estimate of drug-likeness (QED) is 0.844. The van der Waals surface area contributed by atoms with Crippen LogP contribution in [0.3, 0.4) is 0 Å². The molecular weight excluding hydrogens is 389 g/mol. The number of anilines is 1. The number of nitrogens with two attached hydrogens (primary N) is 1. The van der Waals surface area contributed by atoms with Crippen LogP contribution in [0.25, 0.3) is 0 Å². The molecule has 3 rings (SSSR count). The SMILES string of the molecule is NC(=O)[C@@H]1CN(S(=O)(=O)c2ccccc2OC(F)(F)F)c2ccccc2O1. The predicted molar refractivity (Wildman–Crippen MR) is 87.7 cm³/mol. The molecular formula is C16H13F3N2O5S. The largest absolute Gasteiger partial charge is 0.573 e. The van der Waals surface area contributed by atoms with Gasteiger partial charge in [0.15, 0.2) is 6.10 Å². The molecule has 144 valence electrons. The Kier molecular flexibility index (Phi) is 4.64. The second-order valence-corrected chi connectivity index (χ2v) is 7.34. The third-order valence-corrected chi connectivity index (χ3v) is 5.51. The first-order chi connectivity index (χ1) is 12.6. The zero-order valence-electron chi connectivity index (χ0n) is 13.5. The van der Waals surface area contributed by atoms with Crippen molar-refractivity contribution in [3.8, 4) is 11.5 Å². The number of nitrogens with zero attached hydrogens (tertiary/aromatic N) is 1. The number of alkyl halides is 3. The average Bonchev–Trinajstić information content (AvgIpc) is 2.59. The van der Waals surface area contributed by atoms with E-state index in [1.165, 1.54) is 30.3 Å². The van der Waals surface area contributed by atoms with Crippen molar-refractivity contribution in [3.05, 3.63) is 48.5 Å². The van der Waals surface area contributed by atoms with Crippen molar-refractivity contribution in [2.75, 3.05) is 10.8 Å². The van der Waals surface area contributed by atoms with E-state index in [0.717, 1.165) is 16.4 Å². The predicted octanol–water partition coefficient (Wildman–Crippen LogP) is 2.03. The van der Waals surface area contributed by atoms with Crippen LogP contribution in [0.15, 0.2) is 53.4 Å². The maximum Gasteiger partial charge on any atom is 0.573 e. The number of hydrogen-bond donors (Lipinski definition) is 1. The van der Waals surface area contributed by atoms with Crippen LogP contribution in [0.5, 0.6) is 11.5 Å². The highest BCUT2D eigenvalue weighted by molar-refractivity contribution is 7.93. The minimum Gasteiger partial charge on any atom is -0.476 e. The molecule has 7 nitrogen and oxygen atoms in total. The van der Waals surface area contributed by atoms with Crippen LogP contribution in [-0.2, 0) is 14.8 Å². The zero-order chi connectivity index (χ0) is 19.8. The fourth-order valence-corrected chi connectivity index (χ4v) is 4.16. The van der Waals surface area contributed by atoms with Crippen LogP contribution in [0.4, 0.5) is 18.9 Å². The van der Waals surface area contributed by atoms with E-state index < -0.39 is 45.6 Å². The Balaban J connectivity index is 2.11. The lowest BCUT2D eigenvalue weighted by Gasteiger charge is -2.34. The van der Waals surface area contributed by atoms with Gasteiger partial charge in [-0.15, -0.1) is 13.2 Å². The molecule has 0 aliphatic carbocycles. The molecule has 1 heterocycles. The van der Waals surface area contributed by atoms with Crippen molar-refractivity contribution < 1.29 is 35.9 Å². The van der Waals surface area contributed by atoms with Gasteiger partial charge in [-0.05, 0) is 24.3 Å². The van der Waals surface area contributed by atoms with Crippen molar-refractivity contribution in [2.45, 2.75) is 17.4 Å². The summed E-state index contributed by atoms with van der Waals surface area (Å²) in [5, 5.41) is 0. The number of halogens is 3. The number of sulfonamides is 1. The smallest absolute Gasteiger partial charge is 0.476 e. The number of primary amides is 1. The van der Waals surface area contributed by atoms with Gasteiger partial charge in [0.05, 0.1) is 12.2 Å². The van der Waals surface area contributed by atoms with E-state index in [-0.39, 0.29) is 11.4 Å². The lowest BCUT2D eigenvalue weighted by atomic mass is 10.2. The summed E-state index contributed by atoms with van der Waals surface area (Å²) >= 11 is 0. The first kappa shape index (κ1) is 18.8. The fraction of sp³-hybridized carbons (Fsp3) is 0.188. The average molecular weight is 402 g/mol. The zero-order valence-corrected chi connectivity index (χ0v) is 14.3. The lowest BCUT2D eigenvalue weighted by molar-refractivity contribution is -0.275. The Bertz CT molecular complexity index is 978. The van der Waals surface area contributed by atoms with Crippen LogP contribution in [0, 0.1) is 0 Å². The highest BCUT2D eigenvalue weighted by Gasteiger charge is 2.40. The molecule has 0 aromatic heterocycles. The molecule has 11 heteroatoms. The number of rotatable bonds is 4. The molecule has 0 fully saturated rings. The summed E-state index contributed by atoms with van der Waals surface area (Å²) in [4.78, 5) is 10.8. The number of para-hydroxylation sites is 3. The van der Waals surface area contributed by atoms with E-state index in [1.807, 2.05) is 0 Å². The normalized spacial score (nSPS) is 17.0. The summed E-state index contributed by atoms with van der Waals surface area (Å²) in [6.07, 6.45) is -6.38. The van der Waals surface area contributed by atoms with Gasteiger partial charge >= 0.3 is 6.36 Å². The summed E-state index contributed by atoms with van der Waals surface area (Å²) in [5.41, 5.74) is 5.29. The molecule has 27 heavy (non-hydrogen) atoms. The van der Waals surface area contributed by atoms with Gasteiger partial charge in [0.2, 0.25) is 0 Å². The first-order valence-corrected chi connectivity index (χ1v) is 8.96. The molecule has 0 spiro atoms. The minimum atomic E-state index is -5.08. The Morgan fingerprint density at radius 1 is 1.15 bits per heavy atom. The molecule has 1 atom stereocenters. The number of carbonyl (C=O) groups excluding carboxylic acids is 1. The third-order valence-electron chi connectivity index (χ3n) is 3.70. The number of hydrogen-bond acceptors (Lipinski definition) is 5. The molecule has 0 saturated heterocycles. The molecule has 1 aliphatic rings. The molecule has 1 amide bonds. The van der Waals surface area contributed by atoms with Gasteiger partial charge in [0.25, 0.3) is 15.9 Å². The summed E-state index contributed by atoms with van der Waals surface area (Å²) in [7, 11) is -4.52. The molecule has 0 saturated carbocycles. The Morgan fingerprint density at radius 2 is 1.78 bits per heavy atom. The summed E-state index contributed by atoms with van der Waals surface area (Å²) in [6.45, 7) is -0.491. The first-order valence-electron chi connectivity index (χ1n) is 7.52. The molecule has 2 aromatic rings. The Labute approximate surface area is 152 Å². The number of fused-ring (bicyclic) bond motifs is 1. The molecule has 2 N–H and O–H groups in total. The van der Waals surface area contributed by atoms with Gasteiger partial charge in [-0.3, -0.25) is 9.10 Å². The van der Waals surface area contributed by atoms with Crippen molar-refractivity contribution in [1.82, 2.24) is 0 Å². The van der Waals surface area contributed by atoms with Gasteiger partial charge in [0.1, 0.15) is 16.4 Å². The second kappa shape index (κ2) is 6.65. The van der Waals surface area contributed by atoms with E-state index in [9.17, 15) is 26.4 Å². The standard InChI is InChI=1S/C16H13F3N2O5S/c17-16(18,19)26-12-7-3-4-8-14(12)27(23,24)21-9-13(15(20)22)25-11-6-2-1-5-10(11)21/h1-8,13H,9H2,(H2,20,22)/t13-/m0/s1. The van der Waals surface area contributed by atoms with Crippen LogP contribution >= 0.6 is 0 Å². The van der Waals surface area contributed by atoms with Gasteiger partial charge in [-0.2, -0.15) is 0 Å². The van der Waals surface area contributed by atoms with Gasteiger partial charge < -0.3 is 15.2 Å². The molecule has 0 bridgehead atoms. The molecule has 2 aromatic carbocycles. The minimum absolute atomic E-state index is 0.0605. The van der Waals surface area contributed by atoms with E-state index in [1.54, 1.807) is 6.07 Å². The summed E-state index contributed by atoms with van der Waals surface area (Å²) in [5.74, 6) is -1.74. The maximum absolute atomic E-state index is 13.1. The van der Waals surface area contributed by atoms with Gasteiger partial charge in [0, 0.05) is 0 Å². The third kappa shape index (κ3) is 3.77. The molecule has 0 unspecified atom stereocenters. The maximum atomic E-state index is 13.1. The van der Waals surface area contributed by atoms with Gasteiger partial charge in [-0.25, -0.2) is 8.42 Å². The van der Waals surface area contributed by atoms with E-state index in [4.69, 9.17) is 10.5 Å². The van der Waals surface area contributed by atoms with Crippen molar-refractivity contribution >= 4 is 21.6 Å². The van der Waals surface area contributed by atoms with Crippen LogP contribution in [0.1, 0.15) is 0 Å². The van der Waals surface area contributed by atoms with E-state index in [2.05, 4.69) is 4.74 Å². The topological polar surface area (TPSA) is 98.9 Å². The highest BCUT2D eigenvalue weighted by atomic mass is 32.2. The van der Waals surface area contributed by atoms with E-state index >= 15 is 0 Å². The second-order valence-electron chi connectivity index (χ2n) is 5.51. The number of carbonyl (C=O) groups is 1. The fourth-order valence-electron chi connectivity index (χ4n) is 2.57. The monoisotopic (exact) mass is 402 g/mol. The summed E-state index contributed by atoms with van der Waals surface area (Å²) in [6, 6.07) is 10.2. The number of benzene rings is 2. The molecule has 1 aliphatic heterocycles. The van der Waals surface area contributed by atoms with Crippen LogP contribution < -0.4 is 19.5 Å². The van der Waals surface area contributed by atoms with Crippen molar-refractivity contribution in [3.63, 3.8) is 0 Å². The summed E-state index contributed by atoms with van der Waals surface area (Å²) < 4.78 is 74.1.